The molecule has 114 valence electrons. The molecule has 0 aliphatic heterocycles. The highest BCUT2D eigenvalue weighted by Gasteiger charge is 2.16. The third-order valence-corrected chi connectivity index (χ3v) is 4.56. The maximum absolute atomic E-state index is 12.5. The molecule has 5 nitrogen and oxygen atoms in total. The SMILES string of the molecule is CCOc1ccccc1NC(=O)c1cc2c(C)nn(C)c2s1. The van der Waals surface area contributed by atoms with Crippen LogP contribution in [0.15, 0.2) is 30.3 Å². The molecule has 3 aromatic rings. The topological polar surface area (TPSA) is 56.1 Å². The van der Waals surface area contributed by atoms with E-state index in [1.54, 1.807) is 4.68 Å². The van der Waals surface area contributed by atoms with Gasteiger partial charge in [0.2, 0.25) is 0 Å². The molecule has 1 amide bonds. The van der Waals surface area contributed by atoms with E-state index in [9.17, 15) is 4.79 Å². The number of amides is 1. The van der Waals surface area contributed by atoms with Gasteiger partial charge in [0.25, 0.3) is 5.91 Å². The molecule has 2 heterocycles. The summed E-state index contributed by atoms with van der Waals surface area (Å²) in [5.74, 6) is 0.546. The van der Waals surface area contributed by atoms with Crippen LogP contribution in [-0.2, 0) is 7.05 Å². The summed E-state index contributed by atoms with van der Waals surface area (Å²) in [6, 6.07) is 9.33. The fraction of sp³-hybridized carbons (Fsp3) is 0.250. The first kappa shape index (κ1) is 14.6. The minimum absolute atomic E-state index is 0.132. The number of thiophene rings is 1. The molecule has 0 atom stereocenters. The monoisotopic (exact) mass is 315 g/mol. The van der Waals surface area contributed by atoms with Crippen molar-refractivity contribution in [2.75, 3.05) is 11.9 Å². The number of hydrogen-bond acceptors (Lipinski definition) is 4. The number of nitrogens with zero attached hydrogens (tertiary/aromatic N) is 2. The van der Waals surface area contributed by atoms with Crippen LogP contribution < -0.4 is 10.1 Å². The molecule has 0 aliphatic carbocycles. The van der Waals surface area contributed by atoms with E-state index in [0.29, 0.717) is 22.9 Å². The zero-order chi connectivity index (χ0) is 15.7. The van der Waals surface area contributed by atoms with E-state index in [2.05, 4.69) is 10.4 Å². The molecule has 0 aliphatic rings. The Morgan fingerprint density at radius 2 is 2.18 bits per heavy atom. The Morgan fingerprint density at radius 3 is 2.91 bits per heavy atom. The summed E-state index contributed by atoms with van der Waals surface area (Å²) >= 11 is 1.44. The Hall–Kier alpha value is -2.34. The van der Waals surface area contributed by atoms with Crippen LogP contribution in [0.2, 0.25) is 0 Å². The van der Waals surface area contributed by atoms with E-state index in [-0.39, 0.29) is 5.91 Å². The highest BCUT2D eigenvalue weighted by molar-refractivity contribution is 7.20. The summed E-state index contributed by atoms with van der Waals surface area (Å²) in [4.78, 5) is 14.1. The molecule has 3 rings (SSSR count). The summed E-state index contributed by atoms with van der Waals surface area (Å²) in [6.45, 7) is 4.42. The first-order valence-corrected chi connectivity index (χ1v) is 7.88. The Bertz CT molecular complexity index is 801. The Kier molecular flexibility index (Phi) is 3.85. The van der Waals surface area contributed by atoms with Gasteiger partial charge in [0, 0.05) is 12.4 Å². The average Bonchev–Trinajstić information content (AvgIpc) is 3.04. The zero-order valence-electron chi connectivity index (χ0n) is 12.7. The number of aromatic nitrogens is 2. The van der Waals surface area contributed by atoms with Crippen molar-refractivity contribution in [2.45, 2.75) is 13.8 Å². The van der Waals surface area contributed by atoms with Gasteiger partial charge in [-0.1, -0.05) is 12.1 Å². The van der Waals surface area contributed by atoms with Gasteiger partial charge in [-0.25, -0.2) is 0 Å². The van der Waals surface area contributed by atoms with Gasteiger partial charge in [0.15, 0.2) is 0 Å². The van der Waals surface area contributed by atoms with Crippen LogP contribution in [0.1, 0.15) is 22.3 Å². The molecule has 0 saturated heterocycles. The molecular weight excluding hydrogens is 298 g/mol. The number of nitrogens with one attached hydrogen (secondary N) is 1. The number of carbonyl (C=O) groups excluding carboxylic acids is 1. The number of carbonyl (C=O) groups is 1. The number of aryl methyl sites for hydroxylation is 2. The lowest BCUT2D eigenvalue weighted by molar-refractivity contribution is 0.103. The lowest BCUT2D eigenvalue weighted by Crippen LogP contribution is -2.11. The van der Waals surface area contributed by atoms with Gasteiger partial charge in [-0.05, 0) is 32.0 Å². The number of hydrogen-bond donors (Lipinski definition) is 1. The predicted molar refractivity (Wildman–Crippen MR) is 88.9 cm³/mol. The van der Waals surface area contributed by atoms with Gasteiger partial charge in [0.05, 0.1) is 22.9 Å². The molecule has 0 saturated carbocycles. The highest BCUT2D eigenvalue weighted by atomic mass is 32.1. The molecule has 6 heteroatoms. The van der Waals surface area contributed by atoms with Crippen molar-refractivity contribution in [3.63, 3.8) is 0 Å². The van der Waals surface area contributed by atoms with Crippen LogP contribution in [0.3, 0.4) is 0 Å². The van der Waals surface area contributed by atoms with Crippen LogP contribution in [0.4, 0.5) is 5.69 Å². The summed E-state index contributed by atoms with van der Waals surface area (Å²) in [6.07, 6.45) is 0. The van der Waals surface area contributed by atoms with E-state index < -0.39 is 0 Å². The summed E-state index contributed by atoms with van der Waals surface area (Å²) in [5.41, 5.74) is 1.61. The van der Waals surface area contributed by atoms with E-state index >= 15 is 0 Å². The Morgan fingerprint density at radius 1 is 1.41 bits per heavy atom. The van der Waals surface area contributed by atoms with Gasteiger partial charge >= 0.3 is 0 Å². The zero-order valence-corrected chi connectivity index (χ0v) is 13.5. The predicted octanol–water partition coefficient (Wildman–Crippen LogP) is 3.59. The van der Waals surface area contributed by atoms with Crippen molar-refractivity contribution in [3.05, 3.63) is 40.9 Å². The fourth-order valence-corrected chi connectivity index (χ4v) is 3.37. The summed E-state index contributed by atoms with van der Waals surface area (Å²) < 4.78 is 7.34. The second kappa shape index (κ2) is 5.81. The van der Waals surface area contributed by atoms with Crippen molar-refractivity contribution in [1.29, 1.82) is 0 Å². The maximum Gasteiger partial charge on any atom is 0.265 e. The van der Waals surface area contributed by atoms with Crippen LogP contribution in [0.25, 0.3) is 10.2 Å². The van der Waals surface area contributed by atoms with E-state index in [4.69, 9.17) is 4.74 Å². The van der Waals surface area contributed by atoms with E-state index in [1.807, 2.05) is 51.2 Å². The molecular formula is C16H17N3O2S. The third-order valence-electron chi connectivity index (χ3n) is 3.36. The summed E-state index contributed by atoms with van der Waals surface area (Å²) in [7, 11) is 1.89. The van der Waals surface area contributed by atoms with Crippen molar-refractivity contribution in [3.8, 4) is 5.75 Å². The first-order valence-electron chi connectivity index (χ1n) is 7.06. The number of anilines is 1. The number of para-hydroxylation sites is 2. The van der Waals surface area contributed by atoms with E-state index in [1.165, 1.54) is 11.3 Å². The normalized spacial score (nSPS) is 10.9. The lowest BCUT2D eigenvalue weighted by Gasteiger charge is -2.10. The smallest absolute Gasteiger partial charge is 0.265 e. The largest absolute Gasteiger partial charge is 0.492 e. The van der Waals surface area contributed by atoms with Crippen LogP contribution >= 0.6 is 11.3 Å². The minimum Gasteiger partial charge on any atom is -0.492 e. The highest BCUT2D eigenvalue weighted by Crippen LogP contribution is 2.29. The van der Waals surface area contributed by atoms with Gasteiger partial charge in [-0.3, -0.25) is 9.48 Å². The van der Waals surface area contributed by atoms with Gasteiger partial charge in [-0.2, -0.15) is 5.10 Å². The van der Waals surface area contributed by atoms with Crippen molar-refractivity contribution in [2.24, 2.45) is 7.05 Å². The molecule has 2 aromatic heterocycles. The molecule has 0 unspecified atom stereocenters. The van der Waals surface area contributed by atoms with Crippen LogP contribution in [-0.4, -0.2) is 22.3 Å². The third kappa shape index (κ3) is 2.57. The van der Waals surface area contributed by atoms with Gasteiger partial charge in [-0.15, -0.1) is 11.3 Å². The second-order valence-corrected chi connectivity index (χ2v) is 5.95. The molecule has 22 heavy (non-hydrogen) atoms. The van der Waals surface area contributed by atoms with Crippen LogP contribution in [0, 0.1) is 6.92 Å². The fourth-order valence-electron chi connectivity index (χ4n) is 2.35. The van der Waals surface area contributed by atoms with Crippen LogP contribution in [0.5, 0.6) is 5.75 Å². The standard InChI is InChI=1S/C16H17N3O2S/c1-4-21-13-8-6-5-7-12(13)17-15(20)14-9-11-10(2)18-19(3)16(11)22-14/h5-9H,4H2,1-3H3,(H,17,20). The number of fused-ring (bicyclic) bond motifs is 1. The number of rotatable bonds is 4. The lowest BCUT2D eigenvalue weighted by atomic mass is 10.2. The Balaban J connectivity index is 1.89. The molecule has 1 aromatic carbocycles. The maximum atomic E-state index is 12.5. The average molecular weight is 315 g/mol. The number of benzene rings is 1. The molecule has 1 N–H and O–H groups in total. The quantitative estimate of drug-likeness (QED) is 0.800. The van der Waals surface area contributed by atoms with E-state index in [0.717, 1.165) is 15.9 Å². The van der Waals surface area contributed by atoms with Crippen molar-refractivity contribution >= 4 is 33.1 Å². The Labute approximate surface area is 132 Å². The minimum atomic E-state index is -0.132. The molecule has 0 fully saturated rings. The first-order chi connectivity index (χ1) is 10.6. The summed E-state index contributed by atoms with van der Waals surface area (Å²) in [5, 5.41) is 8.29. The number of ether oxygens (including phenoxy) is 1. The molecule has 0 radical (unpaired) electrons. The molecule has 0 bridgehead atoms. The second-order valence-electron chi connectivity index (χ2n) is 4.92. The van der Waals surface area contributed by atoms with Gasteiger partial charge in [0.1, 0.15) is 10.6 Å². The van der Waals surface area contributed by atoms with Crippen molar-refractivity contribution < 1.29 is 9.53 Å². The molecule has 0 spiro atoms. The van der Waals surface area contributed by atoms with Gasteiger partial charge < -0.3 is 10.1 Å². The van der Waals surface area contributed by atoms with Crippen molar-refractivity contribution in [1.82, 2.24) is 9.78 Å².